The summed E-state index contributed by atoms with van der Waals surface area (Å²) in [6, 6.07) is 20.2. The zero-order chi connectivity index (χ0) is 26.3. The van der Waals surface area contributed by atoms with Gasteiger partial charge in [-0.1, -0.05) is 18.2 Å². The lowest BCUT2D eigenvalue weighted by Gasteiger charge is -2.31. The number of anilines is 3. The molecule has 10 heteroatoms. The van der Waals surface area contributed by atoms with Gasteiger partial charge in [0.05, 0.1) is 10.4 Å². The third-order valence-electron chi connectivity index (χ3n) is 7.21. The molecule has 0 saturated carbocycles. The number of rotatable bonds is 5. The Morgan fingerprint density at radius 3 is 2.55 bits per heavy atom. The SMILES string of the molecule is CN1CCN(S(=O)(=O)c2ccc3c(c2)CCN3C(=O)c2cccc(Nc3ncnc4ccccc34)c2)CC1. The van der Waals surface area contributed by atoms with E-state index in [1.54, 1.807) is 33.5 Å². The molecule has 194 valence electrons. The summed E-state index contributed by atoms with van der Waals surface area (Å²) in [5.74, 6) is 0.537. The Morgan fingerprint density at radius 1 is 0.895 bits per heavy atom. The highest BCUT2D eigenvalue weighted by atomic mass is 32.2. The lowest BCUT2D eigenvalue weighted by Crippen LogP contribution is -2.47. The molecule has 1 aromatic heterocycles. The third kappa shape index (κ3) is 4.51. The molecule has 1 amide bonds. The molecule has 0 spiro atoms. The van der Waals surface area contributed by atoms with Gasteiger partial charge >= 0.3 is 0 Å². The van der Waals surface area contributed by atoms with Crippen LogP contribution in [-0.2, 0) is 16.4 Å². The third-order valence-corrected chi connectivity index (χ3v) is 9.10. The number of aromatic nitrogens is 2. The molecular formula is C28H28N6O3S. The van der Waals surface area contributed by atoms with Crippen molar-refractivity contribution >= 4 is 44.0 Å². The quantitative estimate of drug-likeness (QED) is 0.423. The highest BCUT2D eigenvalue weighted by molar-refractivity contribution is 7.89. The van der Waals surface area contributed by atoms with Crippen molar-refractivity contribution < 1.29 is 13.2 Å². The predicted molar refractivity (Wildman–Crippen MR) is 147 cm³/mol. The Bertz CT molecular complexity index is 1630. The molecule has 38 heavy (non-hydrogen) atoms. The number of hydrogen-bond acceptors (Lipinski definition) is 7. The van der Waals surface area contributed by atoms with Crippen LogP contribution < -0.4 is 10.2 Å². The largest absolute Gasteiger partial charge is 0.340 e. The molecule has 0 aliphatic carbocycles. The zero-order valence-electron chi connectivity index (χ0n) is 21.0. The van der Waals surface area contributed by atoms with E-state index in [0.29, 0.717) is 55.4 Å². The molecule has 1 saturated heterocycles. The molecule has 6 rings (SSSR count). The first-order valence-corrected chi connectivity index (χ1v) is 14.0. The van der Waals surface area contributed by atoms with Crippen molar-refractivity contribution in [2.45, 2.75) is 11.3 Å². The number of carbonyl (C=O) groups excluding carboxylic acids is 1. The molecule has 1 N–H and O–H groups in total. The molecule has 4 aromatic rings. The van der Waals surface area contributed by atoms with E-state index in [9.17, 15) is 13.2 Å². The number of nitrogens with zero attached hydrogens (tertiary/aromatic N) is 5. The van der Waals surface area contributed by atoms with Crippen LogP contribution in [0.3, 0.4) is 0 Å². The summed E-state index contributed by atoms with van der Waals surface area (Å²) in [4.78, 5) is 26.3. The fourth-order valence-electron chi connectivity index (χ4n) is 5.05. The van der Waals surface area contributed by atoms with Gasteiger partial charge in [0, 0.05) is 55.0 Å². The van der Waals surface area contributed by atoms with Gasteiger partial charge in [-0.25, -0.2) is 18.4 Å². The van der Waals surface area contributed by atoms with Crippen molar-refractivity contribution in [2.75, 3.05) is 50.0 Å². The van der Waals surface area contributed by atoms with E-state index in [1.807, 2.05) is 49.5 Å². The molecule has 2 aliphatic rings. The molecule has 3 heterocycles. The van der Waals surface area contributed by atoms with Crippen LogP contribution in [0.2, 0.25) is 0 Å². The molecule has 0 bridgehead atoms. The first-order chi connectivity index (χ1) is 18.4. The number of amides is 1. The molecule has 2 aliphatic heterocycles. The van der Waals surface area contributed by atoms with Gasteiger partial charge in [-0.3, -0.25) is 4.79 Å². The van der Waals surface area contributed by atoms with Gasteiger partial charge in [0.1, 0.15) is 12.1 Å². The molecule has 0 atom stereocenters. The van der Waals surface area contributed by atoms with Crippen LogP contribution in [0, 0.1) is 0 Å². The van der Waals surface area contributed by atoms with Crippen LogP contribution >= 0.6 is 0 Å². The summed E-state index contributed by atoms with van der Waals surface area (Å²) < 4.78 is 28.0. The minimum Gasteiger partial charge on any atom is -0.340 e. The maximum absolute atomic E-state index is 13.5. The Balaban J connectivity index is 1.22. The van der Waals surface area contributed by atoms with Crippen LogP contribution in [0.25, 0.3) is 10.9 Å². The zero-order valence-corrected chi connectivity index (χ0v) is 21.9. The van der Waals surface area contributed by atoms with Crippen LogP contribution in [0.15, 0.2) is 78.0 Å². The van der Waals surface area contributed by atoms with Gasteiger partial charge in [-0.15, -0.1) is 0 Å². The molecular weight excluding hydrogens is 500 g/mol. The number of piperazine rings is 1. The number of likely N-dealkylation sites (N-methyl/N-ethyl adjacent to an activating group) is 1. The van der Waals surface area contributed by atoms with Crippen molar-refractivity contribution in [3.05, 3.63) is 84.2 Å². The van der Waals surface area contributed by atoms with Gasteiger partial charge in [0.2, 0.25) is 10.0 Å². The number of fused-ring (bicyclic) bond motifs is 2. The van der Waals surface area contributed by atoms with Gasteiger partial charge in [-0.2, -0.15) is 4.31 Å². The second-order valence-corrected chi connectivity index (χ2v) is 11.6. The average molecular weight is 529 g/mol. The Labute approximate surface area is 221 Å². The first-order valence-electron chi connectivity index (χ1n) is 12.6. The van der Waals surface area contributed by atoms with Crippen molar-refractivity contribution in [1.82, 2.24) is 19.2 Å². The summed E-state index contributed by atoms with van der Waals surface area (Å²) >= 11 is 0. The van der Waals surface area contributed by atoms with E-state index in [-0.39, 0.29) is 5.91 Å². The van der Waals surface area contributed by atoms with Crippen molar-refractivity contribution in [3.63, 3.8) is 0 Å². The van der Waals surface area contributed by atoms with E-state index < -0.39 is 10.0 Å². The molecule has 9 nitrogen and oxygen atoms in total. The monoisotopic (exact) mass is 528 g/mol. The number of hydrogen-bond donors (Lipinski definition) is 1. The molecule has 1 fully saturated rings. The van der Waals surface area contributed by atoms with E-state index in [1.165, 1.54) is 6.33 Å². The number of benzene rings is 3. The Morgan fingerprint density at radius 2 is 1.71 bits per heavy atom. The summed E-state index contributed by atoms with van der Waals surface area (Å²) in [6.45, 7) is 2.90. The topological polar surface area (TPSA) is 98.7 Å². The number of nitrogens with one attached hydrogen (secondary N) is 1. The summed E-state index contributed by atoms with van der Waals surface area (Å²) in [6.07, 6.45) is 2.12. The standard InChI is InChI=1S/C28H28N6O3S/c1-32-13-15-33(16-14-32)38(36,37)23-9-10-26-20(18-23)11-12-34(26)28(35)21-5-4-6-22(17-21)31-27-24-7-2-3-8-25(24)29-19-30-27/h2-10,17-19H,11-16H2,1H3,(H,29,30,31). The molecule has 0 radical (unpaired) electrons. The van der Waals surface area contributed by atoms with Gasteiger partial charge < -0.3 is 15.1 Å². The van der Waals surface area contributed by atoms with E-state index in [4.69, 9.17) is 0 Å². The Hall–Kier alpha value is -3.86. The minimum absolute atomic E-state index is 0.130. The Kier molecular flexibility index (Phi) is 6.30. The van der Waals surface area contributed by atoms with E-state index >= 15 is 0 Å². The van der Waals surface area contributed by atoms with Crippen LogP contribution in [0.5, 0.6) is 0 Å². The fraction of sp³-hybridized carbons (Fsp3) is 0.250. The minimum atomic E-state index is -3.56. The summed E-state index contributed by atoms with van der Waals surface area (Å²) in [5, 5.41) is 4.20. The normalized spacial score (nSPS) is 16.5. The average Bonchev–Trinajstić information content (AvgIpc) is 3.37. The predicted octanol–water partition coefficient (Wildman–Crippen LogP) is 3.51. The van der Waals surface area contributed by atoms with Gasteiger partial charge in [-0.05, 0) is 67.6 Å². The van der Waals surface area contributed by atoms with Crippen molar-refractivity contribution in [2.24, 2.45) is 0 Å². The van der Waals surface area contributed by atoms with Crippen molar-refractivity contribution in [3.8, 4) is 0 Å². The highest BCUT2D eigenvalue weighted by Crippen LogP contribution is 2.33. The highest BCUT2D eigenvalue weighted by Gasteiger charge is 2.31. The van der Waals surface area contributed by atoms with Gasteiger partial charge in [0.25, 0.3) is 5.91 Å². The lowest BCUT2D eigenvalue weighted by atomic mass is 10.1. The summed E-state index contributed by atoms with van der Waals surface area (Å²) in [7, 11) is -1.57. The first kappa shape index (κ1) is 24.5. The van der Waals surface area contributed by atoms with Crippen molar-refractivity contribution in [1.29, 1.82) is 0 Å². The van der Waals surface area contributed by atoms with Gasteiger partial charge in [0.15, 0.2) is 0 Å². The van der Waals surface area contributed by atoms with E-state index in [2.05, 4.69) is 20.2 Å². The maximum atomic E-state index is 13.5. The van der Waals surface area contributed by atoms with Crippen LogP contribution in [-0.4, -0.2) is 73.3 Å². The second-order valence-electron chi connectivity index (χ2n) is 9.65. The number of sulfonamides is 1. The lowest BCUT2D eigenvalue weighted by molar-refractivity contribution is 0.0989. The number of carbonyl (C=O) groups is 1. The van der Waals surface area contributed by atoms with Crippen LogP contribution in [0.4, 0.5) is 17.2 Å². The second kappa shape index (κ2) is 9.79. The smallest absolute Gasteiger partial charge is 0.258 e. The van der Waals surface area contributed by atoms with E-state index in [0.717, 1.165) is 27.8 Å². The molecule has 3 aromatic carbocycles. The number of para-hydroxylation sites is 1. The fourth-order valence-corrected chi connectivity index (χ4v) is 6.53. The maximum Gasteiger partial charge on any atom is 0.258 e. The molecule has 0 unspecified atom stereocenters. The van der Waals surface area contributed by atoms with Crippen LogP contribution in [0.1, 0.15) is 15.9 Å². The summed E-state index contributed by atoms with van der Waals surface area (Å²) in [5.41, 5.74) is 3.74.